The molecule has 2 aromatic rings. The fourth-order valence-electron chi connectivity index (χ4n) is 2.28. The zero-order valence-corrected chi connectivity index (χ0v) is 11.5. The highest BCUT2D eigenvalue weighted by atomic mass is 16.5. The van der Waals surface area contributed by atoms with Gasteiger partial charge >= 0.3 is 0 Å². The first kappa shape index (κ1) is 14.0. The Morgan fingerprint density at radius 1 is 1.16 bits per heavy atom. The molecule has 3 nitrogen and oxygen atoms in total. The molecule has 0 aliphatic rings. The van der Waals surface area contributed by atoms with Crippen LogP contribution in [0, 0.1) is 0 Å². The van der Waals surface area contributed by atoms with E-state index in [-0.39, 0.29) is 6.10 Å². The van der Waals surface area contributed by atoms with Crippen molar-refractivity contribution in [3.05, 3.63) is 42.1 Å². The molecule has 0 saturated carbocycles. The van der Waals surface area contributed by atoms with E-state index in [4.69, 9.17) is 4.74 Å². The molecule has 2 rings (SSSR count). The first-order valence-corrected chi connectivity index (χ1v) is 6.89. The molecule has 1 N–H and O–H groups in total. The molecule has 2 unspecified atom stereocenters. The van der Waals surface area contributed by atoms with Gasteiger partial charge in [-0.1, -0.05) is 31.2 Å². The molecular formula is C16H21NO2. The second-order valence-electron chi connectivity index (χ2n) is 4.67. The Morgan fingerprint density at radius 3 is 2.68 bits per heavy atom. The molecule has 0 spiro atoms. The van der Waals surface area contributed by atoms with E-state index in [1.807, 2.05) is 50.2 Å². The molecule has 102 valence electrons. The van der Waals surface area contributed by atoms with E-state index in [9.17, 15) is 5.11 Å². The summed E-state index contributed by atoms with van der Waals surface area (Å²) in [4.78, 5) is 4.58. The number of aromatic nitrogens is 1. The minimum Gasteiger partial charge on any atom is -0.390 e. The zero-order chi connectivity index (χ0) is 13.7. The third-order valence-electron chi connectivity index (χ3n) is 3.29. The smallest absolute Gasteiger partial charge is 0.0857 e. The van der Waals surface area contributed by atoms with Gasteiger partial charge in [-0.05, 0) is 25.5 Å². The molecule has 0 radical (unpaired) electrons. The lowest BCUT2D eigenvalue weighted by atomic mass is 10.0. The van der Waals surface area contributed by atoms with E-state index < -0.39 is 6.10 Å². The molecular weight excluding hydrogens is 238 g/mol. The van der Waals surface area contributed by atoms with Crippen LogP contribution in [-0.4, -0.2) is 28.9 Å². The van der Waals surface area contributed by atoms with Gasteiger partial charge in [0, 0.05) is 24.1 Å². The average molecular weight is 259 g/mol. The lowest BCUT2D eigenvalue weighted by molar-refractivity contribution is -0.0338. The quantitative estimate of drug-likeness (QED) is 0.867. The van der Waals surface area contributed by atoms with Crippen molar-refractivity contribution < 1.29 is 9.84 Å². The predicted molar refractivity (Wildman–Crippen MR) is 77.2 cm³/mol. The number of rotatable bonds is 6. The van der Waals surface area contributed by atoms with Gasteiger partial charge in [-0.25, -0.2) is 0 Å². The van der Waals surface area contributed by atoms with Gasteiger partial charge in [-0.15, -0.1) is 0 Å². The number of fused-ring (bicyclic) bond motifs is 1. The van der Waals surface area contributed by atoms with E-state index in [1.165, 1.54) is 0 Å². The Labute approximate surface area is 114 Å². The summed E-state index contributed by atoms with van der Waals surface area (Å²) in [7, 11) is 0. The summed E-state index contributed by atoms with van der Waals surface area (Å²) in [6.45, 7) is 4.60. The Morgan fingerprint density at radius 2 is 1.95 bits per heavy atom. The number of aliphatic hydroxyl groups excluding tert-OH is 1. The van der Waals surface area contributed by atoms with Gasteiger partial charge in [0.25, 0.3) is 0 Å². The molecule has 1 heterocycles. The summed E-state index contributed by atoms with van der Waals surface area (Å²) < 4.78 is 5.53. The number of ether oxygens (including phenoxy) is 1. The maximum absolute atomic E-state index is 10.2. The normalized spacial score (nSPS) is 14.5. The molecule has 2 atom stereocenters. The van der Waals surface area contributed by atoms with Crippen LogP contribution < -0.4 is 0 Å². The lowest BCUT2D eigenvalue weighted by Gasteiger charge is -2.21. The van der Waals surface area contributed by atoms with Crippen molar-refractivity contribution in [3.63, 3.8) is 0 Å². The number of benzene rings is 1. The number of aliphatic hydroxyl groups is 1. The van der Waals surface area contributed by atoms with Gasteiger partial charge in [0.2, 0.25) is 0 Å². The van der Waals surface area contributed by atoms with E-state index in [0.717, 1.165) is 23.0 Å². The Bertz CT molecular complexity index is 527. The van der Waals surface area contributed by atoms with Crippen LogP contribution in [0.3, 0.4) is 0 Å². The van der Waals surface area contributed by atoms with Crippen molar-refractivity contribution in [2.45, 2.75) is 38.9 Å². The van der Waals surface area contributed by atoms with Crippen molar-refractivity contribution in [2.75, 3.05) is 6.61 Å². The van der Waals surface area contributed by atoms with E-state index in [2.05, 4.69) is 4.98 Å². The number of hydrogen-bond acceptors (Lipinski definition) is 3. The number of para-hydroxylation sites is 1. The Kier molecular flexibility index (Phi) is 4.88. The van der Waals surface area contributed by atoms with Gasteiger partial charge < -0.3 is 9.84 Å². The second-order valence-corrected chi connectivity index (χ2v) is 4.67. The Balaban J connectivity index is 2.11. The maximum atomic E-state index is 10.2. The minimum absolute atomic E-state index is 0.113. The predicted octanol–water partition coefficient (Wildman–Crippen LogP) is 2.95. The van der Waals surface area contributed by atoms with Gasteiger partial charge in [-0.2, -0.15) is 0 Å². The first-order valence-electron chi connectivity index (χ1n) is 6.89. The van der Waals surface area contributed by atoms with Crippen molar-refractivity contribution in [1.29, 1.82) is 0 Å². The standard InChI is InChI=1S/C16H21NO2/c1-3-16(19-4-2)15(18)11-13-10-9-12-7-5-6-8-14(12)17-13/h5-10,15-16,18H,3-4,11H2,1-2H3. The molecule has 1 aromatic carbocycles. The molecule has 0 amide bonds. The number of pyridine rings is 1. The van der Waals surface area contributed by atoms with E-state index in [1.54, 1.807) is 0 Å². The lowest BCUT2D eigenvalue weighted by Crippen LogP contribution is -2.30. The summed E-state index contributed by atoms with van der Waals surface area (Å²) in [5.74, 6) is 0. The second kappa shape index (κ2) is 6.64. The summed E-state index contributed by atoms with van der Waals surface area (Å²) >= 11 is 0. The zero-order valence-electron chi connectivity index (χ0n) is 11.5. The van der Waals surface area contributed by atoms with Crippen LogP contribution in [0.5, 0.6) is 0 Å². The SMILES string of the molecule is CCOC(CC)C(O)Cc1ccc2ccccc2n1. The highest BCUT2D eigenvalue weighted by Crippen LogP contribution is 2.15. The van der Waals surface area contributed by atoms with E-state index >= 15 is 0 Å². The maximum Gasteiger partial charge on any atom is 0.0857 e. The van der Waals surface area contributed by atoms with Gasteiger partial charge in [0.05, 0.1) is 17.7 Å². The number of nitrogens with zero attached hydrogens (tertiary/aromatic N) is 1. The first-order chi connectivity index (χ1) is 9.24. The van der Waals surface area contributed by atoms with Crippen molar-refractivity contribution in [2.24, 2.45) is 0 Å². The largest absolute Gasteiger partial charge is 0.390 e. The number of hydrogen-bond donors (Lipinski definition) is 1. The minimum atomic E-state index is -0.501. The van der Waals surface area contributed by atoms with Crippen LogP contribution in [0.2, 0.25) is 0 Å². The topological polar surface area (TPSA) is 42.4 Å². The van der Waals surface area contributed by atoms with Crippen LogP contribution in [-0.2, 0) is 11.2 Å². The van der Waals surface area contributed by atoms with Gasteiger partial charge in [-0.3, -0.25) is 4.98 Å². The monoisotopic (exact) mass is 259 g/mol. The molecule has 3 heteroatoms. The van der Waals surface area contributed by atoms with Crippen LogP contribution in [0.1, 0.15) is 26.0 Å². The molecule has 0 aliphatic carbocycles. The Hall–Kier alpha value is -1.45. The summed E-state index contributed by atoms with van der Waals surface area (Å²) in [6, 6.07) is 12.0. The molecule has 0 aliphatic heterocycles. The fourth-order valence-corrected chi connectivity index (χ4v) is 2.28. The van der Waals surface area contributed by atoms with Crippen LogP contribution in [0.15, 0.2) is 36.4 Å². The molecule has 0 fully saturated rings. The van der Waals surface area contributed by atoms with Gasteiger partial charge in [0.15, 0.2) is 0 Å². The average Bonchev–Trinajstić information content (AvgIpc) is 2.44. The van der Waals surface area contributed by atoms with Crippen LogP contribution >= 0.6 is 0 Å². The van der Waals surface area contributed by atoms with E-state index in [0.29, 0.717) is 13.0 Å². The highest BCUT2D eigenvalue weighted by Gasteiger charge is 2.18. The van der Waals surface area contributed by atoms with Crippen LogP contribution in [0.4, 0.5) is 0 Å². The molecule has 1 aromatic heterocycles. The van der Waals surface area contributed by atoms with Crippen LogP contribution in [0.25, 0.3) is 10.9 Å². The molecule has 19 heavy (non-hydrogen) atoms. The fraction of sp³-hybridized carbons (Fsp3) is 0.438. The molecule has 0 bridgehead atoms. The van der Waals surface area contributed by atoms with Crippen molar-refractivity contribution in [1.82, 2.24) is 4.98 Å². The molecule has 0 saturated heterocycles. The van der Waals surface area contributed by atoms with Gasteiger partial charge in [0.1, 0.15) is 0 Å². The summed E-state index contributed by atoms with van der Waals surface area (Å²) in [5.41, 5.74) is 1.88. The van der Waals surface area contributed by atoms with Crippen molar-refractivity contribution in [3.8, 4) is 0 Å². The highest BCUT2D eigenvalue weighted by molar-refractivity contribution is 5.78. The third-order valence-corrected chi connectivity index (χ3v) is 3.29. The third kappa shape index (κ3) is 3.52. The van der Waals surface area contributed by atoms with Crippen molar-refractivity contribution >= 4 is 10.9 Å². The summed E-state index contributed by atoms with van der Waals surface area (Å²) in [5, 5.41) is 11.3. The summed E-state index contributed by atoms with van der Waals surface area (Å²) in [6.07, 6.45) is 0.725.